The summed E-state index contributed by atoms with van der Waals surface area (Å²) in [5.41, 5.74) is 4.64. The van der Waals surface area contributed by atoms with Crippen LogP contribution in [-0.2, 0) is 9.59 Å². The Morgan fingerprint density at radius 3 is 2.64 bits per heavy atom. The molecule has 1 saturated heterocycles. The first-order valence-electron chi connectivity index (χ1n) is 4.85. The molecule has 2 fully saturated rings. The Kier molecular flexibility index (Phi) is 2.08. The lowest BCUT2D eigenvalue weighted by molar-refractivity contribution is -0.140. The van der Waals surface area contributed by atoms with E-state index in [-0.39, 0.29) is 37.3 Å². The highest BCUT2D eigenvalue weighted by Crippen LogP contribution is 2.35. The highest BCUT2D eigenvalue weighted by Gasteiger charge is 2.52. The van der Waals surface area contributed by atoms with Crippen LogP contribution in [0.4, 0.5) is 0 Å². The number of imide groups is 1. The van der Waals surface area contributed by atoms with Crippen molar-refractivity contribution in [2.24, 2.45) is 5.73 Å². The Morgan fingerprint density at radius 1 is 1.50 bits per heavy atom. The topological polar surface area (TPSA) is 83.6 Å². The Hall–Kier alpha value is -0.940. The minimum absolute atomic E-state index is 0.0445. The van der Waals surface area contributed by atoms with Gasteiger partial charge in [0.15, 0.2) is 0 Å². The lowest BCUT2D eigenvalue weighted by atomic mass is 9.95. The van der Waals surface area contributed by atoms with Gasteiger partial charge < -0.3 is 10.8 Å². The summed E-state index contributed by atoms with van der Waals surface area (Å²) in [5.74, 6) is -0.493. The molecule has 0 aromatic rings. The third-order valence-corrected chi connectivity index (χ3v) is 2.85. The van der Waals surface area contributed by atoms with Crippen molar-refractivity contribution in [3.05, 3.63) is 0 Å². The highest BCUT2D eigenvalue weighted by molar-refractivity contribution is 6.08. The molecule has 1 atom stereocenters. The minimum atomic E-state index is -1.14. The van der Waals surface area contributed by atoms with E-state index in [2.05, 4.69) is 0 Å². The lowest BCUT2D eigenvalue weighted by Crippen LogP contribution is -2.49. The number of likely N-dealkylation sites (tertiary alicyclic amines) is 1. The molecule has 2 rings (SSSR count). The molecule has 1 unspecified atom stereocenters. The summed E-state index contributed by atoms with van der Waals surface area (Å²) in [7, 11) is 0. The van der Waals surface area contributed by atoms with Gasteiger partial charge in [0.05, 0.1) is 6.42 Å². The van der Waals surface area contributed by atoms with Crippen LogP contribution in [0.1, 0.15) is 25.7 Å². The molecule has 0 spiro atoms. The largest absolute Gasteiger partial charge is 0.396 e. The van der Waals surface area contributed by atoms with Crippen LogP contribution in [-0.4, -0.2) is 40.0 Å². The second-order valence-electron chi connectivity index (χ2n) is 4.11. The fourth-order valence-electron chi connectivity index (χ4n) is 1.88. The van der Waals surface area contributed by atoms with E-state index >= 15 is 0 Å². The third kappa shape index (κ3) is 1.33. The van der Waals surface area contributed by atoms with Crippen molar-refractivity contribution in [3.8, 4) is 0 Å². The number of hydrogen-bond donors (Lipinski definition) is 2. The molecule has 3 N–H and O–H groups in total. The SMILES string of the molecule is NC1(CCO)CC(=O)N(C2CC2)C1=O. The number of nitrogens with zero attached hydrogens (tertiary/aromatic N) is 1. The third-order valence-electron chi connectivity index (χ3n) is 2.85. The molecule has 2 aliphatic rings. The summed E-state index contributed by atoms with van der Waals surface area (Å²) in [6.45, 7) is -0.159. The predicted octanol–water partition coefficient (Wildman–Crippen LogP) is -1.01. The Balaban J connectivity index is 2.17. The van der Waals surface area contributed by atoms with Crippen molar-refractivity contribution < 1.29 is 14.7 Å². The number of hydrogen-bond acceptors (Lipinski definition) is 4. The second kappa shape index (κ2) is 3.03. The molecule has 1 aliphatic carbocycles. The van der Waals surface area contributed by atoms with Crippen molar-refractivity contribution >= 4 is 11.8 Å². The van der Waals surface area contributed by atoms with E-state index in [4.69, 9.17) is 10.8 Å². The Morgan fingerprint density at radius 2 is 2.14 bits per heavy atom. The first-order chi connectivity index (χ1) is 6.58. The molecule has 78 valence electrons. The number of carbonyl (C=O) groups is 2. The average molecular weight is 198 g/mol. The summed E-state index contributed by atoms with van der Waals surface area (Å²) in [6.07, 6.45) is 2.00. The molecule has 1 heterocycles. The van der Waals surface area contributed by atoms with Gasteiger partial charge in [0.25, 0.3) is 0 Å². The molecule has 0 aromatic carbocycles. The molecule has 1 aliphatic heterocycles. The van der Waals surface area contributed by atoms with Crippen molar-refractivity contribution in [2.45, 2.75) is 37.3 Å². The quantitative estimate of drug-likeness (QED) is 0.569. The lowest BCUT2D eigenvalue weighted by Gasteiger charge is -2.20. The smallest absolute Gasteiger partial charge is 0.250 e. The van der Waals surface area contributed by atoms with Crippen LogP contribution >= 0.6 is 0 Å². The van der Waals surface area contributed by atoms with Gasteiger partial charge in [-0.1, -0.05) is 0 Å². The molecule has 14 heavy (non-hydrogen) atoms. The molecule has 0 bridgehead atoms. The summed E-state index contributed by atoms with van der Waals surface area (Å²) in [6, 6.07) is 0.0825. The highest BCUT2D eigenvalue weighted by atomic mass is 16.3. The fourth-order valence-corrected chi connectivity index (χ4v) is 1.88. The van der Waals surface area contributed by atoms with E-state index in [0.29, 0.717) is 0 Å². The van der Waals surface area contributed by atoms with Crippen LogP contribution in [0.2, 0.25) is 0 Å². The molecule has 0 aromatic heterocycles. The van der Waals surface area contributed by atoms with Crippen molar-refractivity contribution in [3.63, 3.8) is 0 Å². The van der Waals surface area contributed by atoms with Crippen molar-refractivity contribution in [1.29, 1.82) is 0 Å². The summed E-state index contributed by atoms with van der Waals surface area (Å²) in [5, 5.41) is 8.77. The van der Waals surface area contributed by atoms with E-state index in [9.17, 15) is 9.59 Å². The van der Waals surface area contributed by atoms with Gasteiger partial charge in [-0.15, -0.1) is 0 Å². The number of amides is 2. The van der Waals surface area contributed by atoms with Gasteiger partial charge in [-0.05, 0) is 19.3 Å². The Labute approximate surface area is 81.9 Å². The number of aliphatic hydroxyl groups is 1. The first kappa shape index (κ1) is 9.61. The monoisotopic (exact) mass is 198 g/mol. The van der Waals surface area contributed by atoms with Crippen LogP contribution in [0.15, 0.2) is 0 Å². The summed E-state index contributed by atoms with van der Waals surface area (Å²) < 4.78 is 0. The molecule has 5 nitrogen and oxygen atoms in total. The minimum Gasteiger partial charge on any atom is -0.396 e. The number of rotatable bonds is 3. The van der Waals surface area contributed by atoms with Crippen LogP contribution in [0, 0.1) is 0 Å². The van der Waals surface area contributed by atoms with E-state index in [0.717, 1.165) is 12.8 Å². The van der Waals surface area contributed by atoms with Gasteiger partial charge >= 0.3 is 0 Å². The van der Waals surface area contributed by atoms with Gasteiger partial charge in [-0.2, -0.15) is 0 Å². The first-order valence-corrected chi connectivity index (χ1v) is 4.85. The van der Waals surface area contributed by atoms with Crippen LogP contribution in [0.3, 0.4) is 0 Å². The van der Waals surface area contributed by atoms with Crippen LogP contribution in [0.5, 0.6) is 0 Å². The predicted molar refractivity (Wildman–Crippen MR) is 48.1 cm³/mol. The van der Waals surface area contributed by atoms with Crippen LogP contribution in [0.25, 0.3) is 0 Å². The molecule has 1 saturated carbocycles. The van der Waals surface area contributed by atoms with E-state index in [1.165, 1.54) is 4.90 Å². The standard InChI is InChI=1S/C9H14N2O3/c10-9(3-4-12)5-7(13)11(8(9)14)6-1-2-6/h6,12H,1-5,10H2. The zero-order valence-corrected chi connectivity index (χ0v) is 7.90. The molecule has 0 radical (unpaired) electrons. The van der Waals surface area contributed by atoms with Gasteiger partial charge in [0, 0.05) is 12.6 Å². The number of aliphatic hydroxyl groups excluding tert-OH is 1. The zero-order chi connectivity index (χ0) is 10.3. The van der Waals surface area contributed by atoms with Gasteiger partial charge in [0.2, 0.25) is 11.8 Å². The molecule has 5 heteroatoms. The number of carbonyl (C=O) groups excluding carboxylic acids is 2. The van der Waals surface area contributed by atoms with E-state index < -0.39 is 5.54 Å². The van der Waals surface area contributed by atoms with Gasteiger partial charge in [-0.3, -0.25) is 14.5 Å². The maximum atomic E-state index is 11.8. The van der Waals surface area contributed by atoms with Gasteiger partial charge in [-0.25, -0.2) is 0 Å². The molecular weight excluding hydrogens is 184 g/mol. The Bertz CT molecular complexity index is 288. The maximum Gasteiger partial charge on any atom is 0.250 e. The summed E-state index contributed by atoms with van der Waals surface area (Å²) >= 11 is 0. The van der Waals surface area contributed by atoms with Crippen molar-refractivity contribution in [1.82, 2.24) is 4.90 Å². The average Bonchev–Trinajstić information content (AvgIpc) is 2.85. The van der Waals surface area contributed by atoms with E-state index in [1.807, 2.05) is 0 Å². The molecule has 2 amide bonds. The normalized spacial score (nSPS) is 32.9. The van der Waals surface area contributed by atoms with E-state index in [1.54, 1.807) is 0 Å². The van der Waals surface area contributed by atoms with Crippen molar-refractivity contribution in [2.75, 3.05) is 6.61 Å². The second-order valence-corrected chi connectivity index (χ2v) is 4.11. The van der Waals surface area contributed by atoms with Gasteiger partial charge in [0.1, 0.15) is 5.54 Å². The summed E-state index contributed by atoms with van der Waals surface area (Å²) in [4.78, 5) is 24.6. The maximum absolute atomic E-state index is 11.8. The van der Waals surface area contributed by atoms with Crippen LogP contribution < -0.4 is 5.73 Å². The number of nitrogens with two attached hydrogens (primary N) is 1. The fraction of sp³-hybridized carbons (Fsp3) is 0.778. The zero-order valence-electron chi connectivity index (χ0n) is 7.90. The molecular formula is C9H14N2O3.